The summed E-state index contributed by atoms with van der Waals surface area (Å²) in [5, 5.41) is 0. The SMILES string of the molecule is CCOC(=O)c1sc(SCc2ccccc2)c2c1[C@H](c1ccc(OC)cc1)CCC2=O. The first-order valence-corrected chi connectivity index (χ1v) is 12.1. The second kappa shape index (κ2) is 9.71. The molecule has 0 aliphatic heterocycles. The molecule has 4 nitrogen and oxygen atoms in total. The van der Waals surface area contributed by atoms with Crippen LogP contribution in [0.4, 0.5) is 0 Å². The van der Waals surface area contributed by atoms with E-state index in [4.69, 9.17) is 9.47 Å². The maximum atomic E-state index is 13.0. The van der Waals surface area contributed by atoms with Crippen LogP contribution in [0.15, 0.2) is 58.8 Å². The lowest BCUT2D eigenvalue weighted by Crippen LogP contribution is -2.18. The van der Waals surface area contributed by atoms with Crippen molar-refractivity contribution >= 4 is 34.9 Å². The smallest absolute Gasteiger partial charge is 0.348 e. The number of fused-ring (bicyclic) bond motifs is 1. The van der Waals surface area contributed by atoms with E-state index in [0.717, 1.165) is 26.8 Å². The highest BCUT2D eigenvalue weighted by Gasteiger charge is 2.36. The molecule has 0 unspecified atom stereocenters. The first-order chi connectivity index (χ1) is 15.1. The minimum Gasteiger partial charge on any atom is -0.497 e. The van der Waals surface area contributed by atoms with E-state index in [2.05, 4.69) is 12.1 Å². The summed E-state index contributed by atoms with van der Waals surface area (Å²) in [5.74, 6) is 1.29. The van der Waals surface area contributed by atoms with Crippen molar-refractivity contribution in [3.8, 4) is 5.75 Å². The maximum absolute atomic E-state index is 13.0. The van der Waals surface area contributed by atoms with Crippen LogP contribution in [0.25, 0.3) is 0 Å². The van der Waals surface area contributed by atoms with Crippen molar-refractivity contribution in [2.75, 3.05) is 13.7 Å². The Labute approximate surface area is 190 Å². The quantitative estimate of drug-likeness (QED) is 0.309. The van der Waals surface area contributed by atoms with Crippen molar-refractivity contribution in [3.05, 3.63) is 81.7 Å². The van der Waals surface area contributed by atoms with Crippen molar-refractivity contribution in [1.29, 1.82) is 0 Å². The van der Waals surface area contributed by atoms with Gasteiger partial charge in [-0.2, -0.15) is 0 Å². The number of ketones is 1. The Bertz CT molecular complexity index is 1070. The number of thiophene rings is 1. The maximum Gasteiger partial charge on any atom is 0.348 e. The van der Waals surface area contributed by atoms with Gasteiger partial charge in [0.1, 0.15) is 10.6 Å². The van der Waals surface area contributed by atoms with E-state index in [1.807, 2.05) is 42.5 Å². The Hall–Kier alpha value is -2.57. The molecule has 0 saturated heterocycles. The molecular formula is C25H24O4S2. The van der Waals surface area contributed by atoms with Crippen molar-refractivity contribution in [2.24, 2.45) is 0 Å². The molecule has 0 saturated carbocycles. The van der Waals surface area contributed by atoms with E-state index < -0.39 is 0 Å². The number of methoxy groups -OCH3 is 1. The van der Waals surface area contributed by atoms with Gasteiger partial charge in [0, 0.05) is 23.7 Å². The number of ether oxygens (including phenoxy) is 2. The zero-order valence-corrected chi connectivity index (χ0v) is 19.2. The van der Waals surface area contributed by atoms with E-state index in [9.17, 15) is 9.59 Å². The Morgan fingerprint density at radius 3 is 2.55 bits per heavy atom. The summed E-state index contributed by atoms with van der Waals surface area (Å²) in [6.45, 7) is 2.11. The van der Waals surface area contributed by atoms with Crippen LogP contribution in [0.3, 0.4) is 0 Å². The van der Waals surface area contributed by atoms with Gasteiger partial charge in [-0.25, -0.2) is 4.79 Å². The van der Waals surface area contributed by atoms with Gasteiger partial charge in [0.15, 0.2) is 5.78 Å². The van der Waals surface area contributed by atoms with Gasteiger partial charge in [-0.15, -0.1) is 23.1 Å². The molecule has 0 radical (unpaired) electrons. The first kappa shape index (κ1) is 21.7. The molecule has 0 bridgehead atoms. The van der Waals surface area contributed by atoms with Crippen LogP contribution in [0.5, 0.6) is 5.75 Å². The highest BCUT2D eigenvalue weighted by atomic mass is 32.2. The average molecular weight is 453 g/mol. The van der Waals surface area contributed by atoms with Crippen LogP contribution >= 0.6 is 23.1 Å². The summed E-state index contributed by atoms with van der Waals surface area (Å²) in [6.07, 6.45) is 1.16. The number of carbonyl (C=O) groups is 2. The monoisotopic (exact) mass is 452 g/mol. The van der Waals surface area contributed by atoms with Gasteiger partial charge in [0.25, 0.3) is 0 Å². The number of hydrogen-bond donors (Lipinski definition) is 0. The summed E-state index contributed by atoms with van der Waals surface area (Å²) in [7, 11) is 1.64. The molecule has 0 amide bonds. The lowest BCUT2D eigenvalue weighted by atomic mass is 9.79. The Balaban J connectivity index is 1.76. The molecule has 160 valence electrons. The standard InChI is InChI=1S/C25H24O4S2/c1-3-29-24(27)23-21-19(17-9-11-18(28-2)12-10-17)13-14-20(26)22(21)25(31-23)30-15-16-7-5-4-6-8-16/h4-12,19H,3,13-15H2,1-2H3/t19-/m0/s1. The summed E-state index contributed by atoms with van der Waals surface area (Å²) in [4.78, 5) is 26.4. The third kappa shape index (κ3) is 4.55. The van der Waals surface area contributed by atoms with Gasteiger partial charge < -0.3 is 9.47 Å². The van der Waals surface area contributed by atoms with E-state index in [-0.39, 0.29) is 17.7 Å². The third-order valence-corrected chi connectivity index (χ3v) is 7.92. The summed E-state index contributed by atoms with van der Waals surface area (Å²) in [6, 6.07) is 18.0. The van der Waals surface area contributed by atoms with Gasteiger partial charge in [-0.1, -0.05) is 42.5 Å². The van der Waals surface area contributed by atoms with Gasteiger partial charge in [0.05, 0.1) is 17.9 Å². The van der Waals surface area contributed by atoms with E-state index in [0.29, 0.717) is 29.9 Å². The molecule has 6 heteroatoms. The van der Waals surface area contributed by atoms with Crippen LogP contribution in [0.2, 0.25) is 0 Å². The van der Waals surface area contributed by atoms with Crippen molar-refractivity contribution < 1.29 is 19.1 Å². The number of hydrogen-bond acceptors (Lipinski definition) is 6. The van der Waals surface area contributed by atoms with Gasteiger partial charge in [-0.05, 0) is 42.2 Å². The zero-order chi connectivity index (χ0) is 21.8. The van der Waals surface area contributed by atoms with E-state index in [1.165, 1.54) is 16.9 Å². The third-order valence-electron chi connectivity index (χ3n) is 5.39. The minimum atomic E-state index is -0.344. The molecule has 1 aromatic heterocycles. The molecule has 0 fully saturated rings. The largest absolute Gasteiger partial charge is 0.497 e. The summed E-state index contributed by atoms with van der Waals surface area (Å²) in [5.41, 5.74) is 3.81. The van der Waals surface area contributed by atoms with Crippen molar-refractivity contribution in [2.45, 2.75) is 35.6 Å². The lowest BCUT2D eigenvalue weighted by molar-refractivity contribution is 0.0530. The predicted molar refractivity (Wildman–Crippen MR) is 125 cm³/mol. The highest BCUT2D eigenvalue weighted by Crippen LogP contribution is 2.48. The number of rotatable bonds is 7. The molecular weight excluding hydrogens is 428 g/mol. The van der Waals surface area contributed by atoms with Crippen LogP contribution in [-0.4, -0.2) is 25.5 Å². The molecule has 1 aliphatic carbocycles. The fourth-order valence-electron chi connectivity index (χ4n) is 3.91. The van der Waals surface area contributed by atoms with E-state index >= 15 is 0 Å². The second-order valence-electron chi connectivity index (χ2n) is 7.29. The van der Waals surface area contributed by atoms with Crippen molar-refractivity contribution in [1.82, 2.24) is 0 Å². The number of Topliss-reactive ketones (excluding diaryl/α,β-unsaturated/α-hetero) is 1. The highest BCUT2D eigenvalue weighted by molar-refractivity contribution is 8.00. The second-order valence-corrected chi connectivity index (χ2v) is 9.55. The summed E-state index contributed by atoms with van der Waals surface area (Å²) >= 11 is 3.02. The summed E-state index contributed by atoms with van der Waals surface area (Å²) < 4.78 is 11.6. The normalized spacial score (nSPS) is 15.4. The van der Waals surface area contributed by atoms with Crippen LogP contribution in [0, 0.1) is 0 Å². The van der Waals surface area contributed by atoms with Crippen LogP contribution < -0.4 is 4.74 Å². The average Bonchev–Trinajstić information content (AvgIpc) is 3.20. The van der Waals surface area contributed by atoms with Crippen LogP contribution in [0.1, 0.15) is 62.4 Å². The van der Waals surface area contributed by atoms with Crippen molar-refractivity contribution in [3.63, 3.8) is 0 Å². The number of thioether (sulfide) groups is 1. The Morgan fingerprint density at radius 1 is 1.13 bits per heavy atom. The number of carbonyl (C=O) groups excluding carboxylic acids is 2. The lowest BCUT2D eigenvalue weighted by Gasteiger charge is -2.24. The number of esters is 1. The predicted octanol–water partition coefficient (Wildman–Crippen LogP) is 6.33. The molecule has 1 atom stereocenters. The van der Waals surface area contributed by atoms with Gasteiger partial charge >= 0.3 is 5.97 Å². The minimum absolute atomic E-state index is 0.0136. The molecule has 0 N–H and O–H groups in total. The molecule has 4 rings (SSSR count). The Morgan fingerprint density at radius 2 is 1.87 bits per heavy atom. The molecule has 31 heavy (non-hydrogen) atoms. The topological polar surface area (TPSA) is 52.6 Å². The molecule has 1 aliphatic rings. The van der Waals surface area contributed by atoms with Gasteiger partial charge in [-0.3, -0.25) is 4.79 Å². The fraction of sp³-hybridized carbons (Fsp3) is 0.280. The van der Waals surface area contributed by atoms with Crippen LogP contribution in [-0.2, 0) is 10.5 Å². The fourth-order valence-corrected chi connectivity index (χ4v) is 6.43. The zero-order valence-electron chi connectivity index (χ0n) is 17.6. The van der Waals surface area contributed by atoms with E-state index in [1.54, 1.807) is 25.8 Å². The number of benzene rings is 2. The molecule has 3 aromatic rings. The van der Waals surface area contributed by atoms with Gasteiger partial charge in [0.2, 0.25) is 0 Å². The molecule has 0 spiro atoms. The molecule has 1 heterocycles. The Kier molecular flexibility index (Phi) is 6.78. The molecule has 2 aromatic carbocycles. The first-order valence-electron chi connectivity index (χ1n) is 10.3.